The molecule has 0 unspecified atom stereocenters. The van der Waals surface area contributed by atoms with Crippen LogP contribution >= 0.6 is 11.6 Å². The van der Waals surface area contributed by atoms with E-state index in [0.717, 1.165) is 22.0 Å². The van der Waals surface area contributed by atoms with Crippen molar-refractivity contribution in [1.29, 1.82) is 0 Å². The third kappa shape index (κ3) is 3.68. The lowest BCUT2D eigenvalue weighted by Crippen LogP contribution is -2.58. The first kappa shape index (κ1) is 24.0. The lowest BCUT2D eigenvalue weighted by molar-refractivity contribution is -0.164. The summed E-state index contributed by atoms with van der Waals surface area (Å²) in [5.41, 5.74) is 1.92. The number of rotatable bonds is 7. The summed E-state index contributed by atoms with van der Waals surface area (Å²) in [7, 11) is 1.60. The van der Waals surface area contributed by atoms with E-state index in [1.807, 2.05) is 49.4 Å². The monoisotopic (exact) mass is 484 g/mol. The molecule has 0 fully saturated rings. The number of nitrogens with zero attached hydrogens (tertiary/aromatic N) is 1. The maximum absolute atomic E-state index is 13.4. The van der Waals surface area contributed by atoms with Crippen molar-refractivity contribution in [2.24, 2.45) is 0 Å². The quantitative estimate of drug-likeness (QED) is 0.392. The Morgan fingerprint density at radius 2 is 1.91 bits per heavy atom. The zero-order chi connectivity index (χ0) is 24.5. The van der Waals surface area contributed by atoms with Crippen molar-refractivity contribution in [3.05, 3.63) is 59.3 Å². The van der Waals surface area contributed by atoms with Gasteiger partial charge in [-0.2, -0.15) is 0 Å². The molecule has 34 heavy (non-hydrogen) atoms. The van der Waals surface area contributed by atoms with Gasteiger partial charge in [0.1, 0.15) is 5.88 Å². The minimum atomic E-state index is -1.36. The van der Waals surface area contributed by atoms with Gasteiger partial charge < -0.3 is 24.1 Å². The van der Waals surface area contributed by atoms with Gasteiger partial charge in [0.25, 0.3) is 0 Å². The van der Waals surface area contributed by atoms with Crippen LogP contribution in [0, 0.1) is 0 Å². The zero-order valence-corrected chi connectivity index (χ0v) is 20.6. The maximum Gasteiger partial charge on any atom is 0.338 e. The van der Waals surface area contributed by atoms with Crippen LogP contribution in [-0.4, -0.2) is 54.5 Å². The van der Waals surface area contributed by atoms with E-state index in [0.29, 0.717) is 23.8 Å². The molecule has 0 spiro atoms. The molecule has 0 bridgehead atoms. The summed E-state index contributed by atoms with van der Waals surface area (Å²) in [5.74, 6) is -0.185. The van der Waals surface area contributed by atoms with Crippen molar-refractivity contribution in [3.8, 4) is 11.5 Å². The highest BCUT2D eigenvalue weighted by molar-refractivity contribution is 6.27. The molecule has 1 N–H and O–H groups in total. The molecule has 1 aromatic heterocycles. The summed E-state index contributed by atoms with van der Waals surface area (Å²) in [4.78, 5) is 31.5. The number of alkyl halides is 1. The molecule has 0 saturated carbocycles. The van der Waals surface area contributed by atoms with Gasteiger partial charge in [-0.05, 0) is 38.5 Å². The first-order valence-electron chi connectivity index (χ1n) is 11.4. The molecule has 0 saturated heterocycles. The lowest BCUT2D eigenvalue weighted by Gasteiger charge is -2.45. The third-order valence-corrected chi connectivity index (χ3v) is 6.70. The Labute approximate surface area is 203 Å². The number of esters is 1. The number of ether oxygens (including phenoxy) is 3. The number of carbonyl (C=O) groups is 2. The van der Waals surface area contributed by atoms with Gasteiger partial charge in [0.05, 0.1) is 26.0 Å². The van der Waals surface area contributed by atoms with Gasteiger partial charge in [0, 0.05) is 28.9 Å². The number of benzene rings is 2. The van der Waals surface area contributed by atoms with Crippen LogP contribution in [0.1, 0.15) is 43.5 Å². The number of carbonyl (C=O) groups excluding carboxylic acids is 2. The van der Waals surface area contributed by atoms with Crippen molar-refractivity contribution in [3.63, 3.8) is 0 Å². The van der Waals surface area contributed by atoms with Gasteiger partial charge in [0.2, 0.25) is 5.91 Å². The van der Waals surface area contributed by atoms with Gasteiger partial charge in [-0.15, -0.1) is 11.6 Å². The Morgan fingerprint density at radius 3 is 2.59 bits per heavy atom. The Bertz CT molecular complexity index is 1220. The standard InChI is InChI=1S/C26H29ClN2O5/c1-5-33-23-16(11-9-13-20(23)32-4)18-15-29(21(30)14-27)26(3,25(31)34-6-2)24-22(18)17-10-7-8-12-19(17)28-24/h7-13,18,28H,5-6,14-15H2,1-4H3/t18-,26-/m1/s1. The van der Waals surface area contributed by atoms with E-state index < -0.39 is 11.5 Å². The molecular weight excluding hydrogens is 456 g/mol. The number of nitrogens with one attached hydrogen (secondary N) is 1. The van der Waals surface area contributed by atoms with Crippen LogP contribution in [0.3, 0.4) is 0 Å². The van der Waals surface area contributed by atoms with Crippen molar-refractivity contribution < 1.29 is 23.8 Å². The molecular formula is C26H29ClN2O5. The van der Waals surface area contributed by atoms with Crippen molar-refractivity contribution in [2.45, 2.75) is 32.2 Å². The van der Waals surface area contributed by atoms with Crippen LogP contribution in [0.4, 0.5) is 0 Å². The molecule has 1 aliphatic heterocycles. The predicted octanol–water partition coefficient (Wildman–Crippen LogP) is 4.57. The number of aromatic amines is 1. The topological polar surface area (TPSA) is 80.9 Å². The molecule has 8 heteroatoms. The highest BCUT2D eigenvalue weighted by Crippen LogP contribution is 2.49. The maximum atomic E-state index is 13.4. The molecule has 7 nitrogen and oxygen atoms in total. The van der Waals surface area contributed by atoms with E-state index in [-0.39, 0.29) is 30.9 Å². The van der Waals surface area contributed by atoms with E-state index in [9.17, 15) is 9.59 Å². The minimum absolute atomic E-state index is 0.195. The summed E-state index contributed by atoms with van der Waals surface area (Å²) >= 11 is 6.02. The SMILES string of the molecule is CCOC(=O)[C@@]1(C)c2[nH]c3ccccc3c2[C@@H](c2cccc(OC)c2OCC)CN1C(=O)CCl. The van der Waals surface area contributed by atoms with E-state index in [1.54, 1.807) is 21.0 Å². The summed E-state index contributed by atoms with van der Waals surface area (Å²) in [6.45, 7) is 6.25. The normalized spacial score (nSPS) is 19.6. The van der Waals surface area contributed by atoms with E-state index in [2.05, 4.69) is 4.98 Å². The number of H-pyrrole nitrogens is 1. The summed E-state index contributed by atoms with van der Waals surface area (Å²) in [5, 5.41) is 0.973. The molecule has 1 aliphatic rings. The van der Waals surface area contributed by atoms with Gasteiger partial charge in [-0.3, -0.25) is 4.79 Å². The fourth-order valence-corrected chi connectivity index (χ4v) is 5.07. The summed E-state index contributed by atoms with van der Waals surface area (Å²) in [6, 6.07) is 13.6. The second-order valence-electron chi connectivity index (χ2n) is 8.25. The fraction of sp³-hybridized carbons (Fsp3) is 0.385. The Balaban J connectivity index is 2.05. The van der Waals surface area contributed by atoms with Gasteiger partial charge in [-0.25, -0.2) is 4.79 Å². The predicted molar refractivity (Wildman–Crippen MR) is 131 cm³/mol. The molecule has 4 rings (SSSR count). The largest absolute Gasteiger partial charge is 0.493 e. The van der Waals surface area contributed by atoms with Gasteiger partial charge in [-0.1, -0.05) is 30.3 Å². The second-order valence-corrected chi connectivity index (χ2v) is 8.52. The highest BCUT2D eigenvalue weighted by atomic mass is 35.5. The number of aromatic nitrogens is 1. The molecule has 1 amide bonds. The first-order chi connectivity index (χ1) is 16.4. The third-order valence-electron chi connectivity index (χ3n) is 6.47. The van der Waals surface area contributed by atoms with Crippen LogP contribution in [0.5, 0.6) is 11.5 Å². The van der Waals surface area contributed by atoms with Crippen molar-refractivity contribution in [1.82, 2.24) is 9.88 Å². The number of methoxy groups -OCH3 is 1. The molecule has 3 aromatic rings. The fourth-order valence-electron chi connectivity index (χ4n) is 4.93. The number of para-hydroxylation sites is 2. The number of hydrogen-bond donors (Lipinski definition) is 1. The van der Waals surface area contributed by atoms with Crippen molar-refractivity contribution >= 4 is 34.4 Å². The van der Waals surface area contributed by atoms with Crippen molar-refractivity contribution in [2.75, 3.05) is 32.7 Å². The number of amides is 1. The van der Waals surface area contributed by atoms with E-state index >= 15 is 0 Å². The van der Waals surface area contributed by atoms with E-state index in [1.165, 1.54) is 4.90 Å². The number of hydrogen-bond acceptors (Lipinski definition) is 5. The van der Waals surface area contributed by atoms with Crippen LogP contribution < -0.4 is 9.47 Å². The zero-order valence-electron chi connectivity index (χ0n) is 19.8. The van der Waals surface area contributed by atoms with E-state index in [4.69, 9.17) is 25.8 Å². The Kier molecular flexibility index (Phi) is 6.75. The molecule has 2 heterocycles. The minimum Gasteiger partial charge on any atom is -0.493 e. The van der Waals surface area contributed by atoms with Crippen LogP contribution in [-0.2, 0) is 19.9 Å². The van der Waals surface area contributed by atoms with Crippen LogP contribution in [0.2, 0.25) is 0 Å². The second kappa shape index (κ2) is 9.58. The summed E-state index contributed by atoms with van der Waals surface area (Å²) in [6.07, 6.45) is 0. The van der Waals surface area contributed by atoms with Gasteiger partial charge in [0.15, 0.2) is 17.0 Å². The highest BCUT2D eigenvalue weighted by Gasteiger charge is 2.53. The summed E-state index contributed by atoms with van der Waals surface area (Å²) < 4.78 is 17.1. The van der Waals surface area contributed by atoms with Crippen LogP contribution in [0.25, 0.3) is 10.9 Å². The van der Waals surface area contributed by atoms with Crippen LogP contribution in [0.15, 0.2) is 42.5 Å². The molecule has 180 valence electrons. The average molecular weight is 485 g/mol. The number of fused-ring (bicyclic) bond motifs is 3. The van der Waals surface area contributed by atoms with Gasteiger partial charge >= 0.3 is 5.97 Å². The molecule has 2 atom stereocenters. The molecule has 0 aliphatic carbocycles. The number of halogens is 1. The first-order valence-corrected chi connectivity index (χ1v) is 11.9. The smallest absolute Gasteiger partial charge is 0.338 e. The molecule has 2 aromatic carbocycles. The Hall–Kier alpha value is -3.19. The lowest BCUT2D eigenvalue weighted by atomic mass is 9.77. The Morgan fingerprint density at radius 1 is 1.15 bits per heavy atom. The average Bonchev–Trinajstić information content (AvgIpc) is 3.25. The molecule has 0 radical (unpaired) electrons.